The first-order chi connectivity index (χ1) is 7.38. The van der Waals surface area contributed by atoms with Crippen LogP contribution in [0.25, 0.3) is 0 Å². The Hall–Kier alpha value is -1.39. The van der Waals surface area contributed by atoms with Crippen molar-refractivity contribution in [2.24, 2.45) is 0 Å². The molecule has 0 radical (unpaired) electrons. The van der Waals surface area contributed by atoms with Gasteiger partial charge in [0.2, 0.25) is 0 Å². The van der Waals surface area contributed by atoms with Gasteiger partial charge in [-0.1, -0.05) is 18.2 Å². The van der Waals surface area contributed by atoms with Gasteiger partial charge in [-0.05, 0) is 12.1 Å². The molecule has 1 N–H and O–H groups in total. The van der Waals surface area contributed by atoms with Crippen molar-refractivity contribution in [3.63, 3.8) is 0 Å². The van der Waals surface area contributed by atoms with Gasteiger partial charge in [-0.2, -0.15) is 0 Å². The molecule has 0 spiro atoms. The molecule has 15 heavy (non-hydrogen) atoms. The molecule has 0 atom stereocenters. The molecule has 1 aromatic carbocycles. The highest BCUT2D eigenvalue weighted by Gasteiger charge is 2.01. The zero-order chi connectivity index (χ0) is 10.5. The van der Waals surface area contributed by atoms with E-state index in [1.54, 1.807) is 0 Å². The maximum Gasteiger partial charge on any atom is 0.140 e. The number of benzene rings is 1. The highest BCUT2D eigenvalue weighted by Crippen LogP contribution is 2.14. The molecule has 0 saturated heterocycles. The second-order valence-corrected chi connectivity index (χ2v) is 3.94. The number of ether oxygens (including phenoxy) is 1. The molecular formula is C11H11NO2S. The van der Waals surface area contributed by atoms with Gasteiger partial charge in [-0.25, -0.2) is 4.98 Å². The van der Waals surface area contributed by atoms with Crippen molar-refractivity contribution in [2.45, 2.75) is 13.2 Å². The van der Waals surface area contributed by atoms with Crippen LogP contribution in [-0.4, -0.2) is 10.1 Å². The maximum atomic E-state index is 8.84. The van der Waals surface area contributed by atoms with Gasteiger partial charge in [0.15, 0.2) is 0 Å². The van der Waals surface area contributed by atoms with Crippen LogP contribution in [0.4, 0.5) is 0 Å². The Bertz CT molecular complexity index is 414. The zero-order valence-corrected chi connectivity index (χ0v) is 8.91. The van der Waals surface area contributed by atoms with Gasteiger partial charge in [0.25, 0.3) is 0 Å². The Balaban J connectivity index is 1.93. The third-order valence-electron chi connectivity index (χ3n) is 1.87. The number of aliphatic hydroxyl groups is 1. The van der Waals surface area contributed by atoms with Crippen LogP contribution in [-0.2, 0) is 13.2 Å². The lowest BCUT2D eigenvalue weighted by molar-refractivity contribution is 0.275. The molecule has 2 rings (SSSR count). The Morgan fingerprint density at radius 3 is 2.73 bits per heavy atom. The number of aromatic nitrogens is 1. The second-order valence-electron chi connectivity index (χ2n) is 2.99. The predicted octanol–water partition coefficient (Wildman–Crippen LogP) is 2.21. The van der Waals surface area contributed by atoms with Gasteiger partial charge in [-0.3, -0.25) is 0 Å². The first-order valence-electron chi connectivity index (χ1n) is 4.60. The van der Waals surface area contributed by atoms with Gasteiger partial charge in [0.1, 0.15) is 17.4 Å². The highest BCUT2D eigenvalue weighted by atomic mass is 32.1. The van der Waals surface area contributed by atoms with Crippen LogP contribution in [0.2, 0.25) is 0 Å². The lowest BCUT2D eigenvalue weighted by Gasteiger charge is -2.02. The summed E-state index contributed by atoms with van der Waals surface area (Å²) in [4.78, 5) is 4.19. The Morgan fingerprint density at radius 1 is 1.27 bits per heavy atom. The standard InChI is InChI=1S/C11H11NO2S/c13-6-9-8-15-11(12-9)7-14-10-4-2-1-3-5-10/h1-5,8,13H,6-7H2. The molecule has 0 amide bonds. The topological polar surface area (TPSA) is 42.4 Å². The number of aliphatic hydroxyl groups excluding tert-OH is 1. The third kappa shape index (κ3) is 2.78. The van der Waals surface area contributed by atoms with Crippen molar-refractivity contribution in [2.75, 3.05) is 0 Å². The molecular weight excluding hydrogens is 210 g/mol. The fraction of sp³-hybridized carbons (Fsp3) is 0.182. The largest absolute Gasteiger partial charge is 0.486 e. The van der Waals surface area contributed by atoms with Gasteiger partial charge in [0, 0.05) is 5.38 Å². The molecule has 3 nitrogen and oxygen atoms in total. The molecule has 0 fully saturated rings. The van der Waals surface area contributed by atoms with Crippen LogP contribution >= 0.6 is 11.3 Å². The molecule has 78 valence electrons. The smallest absolute Gasteiger partial charge is 0.140 e. The first kappa shape index (κ1) is 10.1. The van der Waals surface area contributed by atoms with Gasteiger partial charge >= 0.3 is 0 Å². The predicted molar refractivity (Wildman–Crippen MR) is 58.8 cm³/mol. The minimum atomic E-state index is -0.0121. The number of thiazole rings is 1. The lowest BCUT2D eigenvalue weighted by atomic mass is 10.3. The number of hydrogen-bond donors (Lipinski definition) is 1. The average molecular weight is 221 g/mol. The van der Waals surface area contributed by atoms with E-state index in [0.29, 0.717) is 12.3 Å². The van der Waals surface area contributed by atoms with Crippen LogP contribution in [0.5, 0.6) is 5.75 Å². The van der Waals surface area contributed by atoms with Crippen molar-refractivity contribution >= 4 is 11.3 Å². The van der Waals surface area contributed by atoms with E-state index in [1.807, 2.05) is 35.7 Å². The molecule has 2 aromatic rings. The Kier molecular flexibility index (Phi) is 3.32. The number of nitrogens with zero attached hydrogens (tertiary/aromatic N) is 1. The summed E-state index contributed by atoms with van der Waals surface area (Å²) in [5.74, 6) is 0.832. The summed E-state index contributed by atoms with van der Waals surface area (Å²) in [7, 11) is 0. The van der Waals surface area contributed by atoms with Crippen LogP contribution in [0.3, 0.4) is 0 Å². The number of hydrogen-bond acceptors (Lipinski definition) is 4. The van der Waals surface area contributed by atoms with Crippen molar-refractivity contribution in [3.8, 4) is 5.75 Å². The highest BCUT2D eigenvalue weighted by molar-refractivity contribution is 7.09. The molecule has 0 unspecified atom stereocenters. The summed E-state index contributed by atoms with van der Waals surface area (Å²) in [5, 5.41) is 11.6. The molecule has 1 aromatic heterocycles. The molecule has 0 saturated carbocycles. The van der Waals surface area contributed by atoms with E-state index in [1.165, 1.54) is 11.3 Å². The summed E-state index contributed by atoms with van der Waals surface area (Å²) < 4.78 is 5.52. The molecule has 0 aliphatic carbocycles. The van der Waals surface area contributed by atoms with E-state index < -0.39 is 0 Å². The van der Waals surface area contributed by atoms with E-state index in [4.69, 9.17) is 9.84 Å². The Labute approximate surface area is 92.0 Å². The minimum Gasteiger partial charge on any atom is -0.486 e. The van der Waals surface area contributed by atoms with Crippen LogP contribution < -0.4 is 4.74 Å². The average Bonchev–Trinajstić information content (AvgIpc) is 2.76. The minimum absolute atomic E-state index is 0.0121. The van der Waals surface area contributed by atoms with Crippen LogP contribution in [0, 0.1) is 0 Å². The van der Waals surface area contributed by atoms with Gasteiger partial charge in [-0.15, -0.1) is 11.3 Å². The van der Waals surface area contributed by atoms with E-state index in [-0.39, 0.29) is 6.61 Å². The van der Waals surface area contributed by atoms with Crippen molar-refractivity contribution in [1.82, 2.24) is 4.98 Å². The fourth-order valence-electron chi connectivity index (χ4n) is 1.15. The molecule has 0 bridgehead atoms. The monoisotopic (exact) mass is 221 g/mol. The number of para-hydroxylation sites is 1. The SMILES string of the molecule is OCc1csc(COc2ccccc2)n1. The van der Waals surface area contributed by atoms with Crippen LogP contribution in [0.1, 0.15) is 10.7 Å². The second kappa shape index (κ2) is 4.91. The quantitative estimate of drug-likeness (QED) is 0.860. The fourth-order valence-corrected chi connectivity index (χ4v) is 1.85. The zero-order valence-electron chi connectivity index (χ0n) is 8.09. The molecule has 0 aliphatic rings. The summed E-state index contributed by atoms with van der Waals surface area (Å²) in [6.07, 6.45) is 0. The normalized spacial score (nSPS) is 10.2. The van der Waals surface area contributed by atoms with Gasteiger partial charge in [0.05, 0.1) is 12.3 Å². The Morgan fingerprint density at radius 2 is 2.07 bits per heavy atom. The summed E-state index contributed by atoms with van der Waals surface area (Å²) in [5.41, 5.74) is 0.701. The summed E-state index contributed by atoms with van der Waals surface area (Å²) in [6, 6.07) is 9.61. The number of rotatable bonds is 4. The third-order valence-corrected chi connectivity index (χ3v) is 2.74. The lowest BCUT2D eigenvalue weighted by Crippen LogP contribution is -1.95. The summed E-state index contributed by atoms with van der Waals surface area (Å²) in [6.45, 7) is 0.441. The first-order valence-corrected chi connectivity index (χ1v) is 5.48. The molecule has 1 heterocycles. The van der Waals surface area contributed by atoms with E-state index in [9.17, 15) is 0 Å². The molecule has 0 aliphatic heterocycles. The van der Waals surface area contributed by atoms with Crippen molar-refractivity contribution < 1.29 is 9.84 Å². The van der Waals surface area contributed by atoms with Crippen molar-refractivity contribution in [3.05, 3.63) is 46.4 Å². The maximum absolute atomic E-state index is 8.84. The van der Waals surface area contributed by atoms with Gasteiger partial charge < -0.3 is 9.84 Å². The molecule has 4 heteroatoms. The van der Waals surface area contributed by atoms with E-state index in [0.717, 1.165) is 10.8 Å². The summed E-state index contributed by atoms with van der Waals surface area (Å²) >= 11 is 1.50. The van der Waals surface area contributed by atoms with E-state index in [2.05, 4.69) is 4.98 Å². The van der Waals surface area contributed by atoms with E-state index >= 15 is 0 Å². The van der Waals surface area contributed by atoms with Crippen LogP contribution in [0.15, 0.2) is 35.7 Å². The van der Waals surface area contributed by atoms with Crippen molar-refractivity contribution in [1.29, 1.82) is 0 Å².